The number of nitrogens with zero attached hydrogens (tertiary/aromatic N) is 2. The summed E-state index contributed by atoms with van der Waals surface area (Å²) in [5.41, 5.74) is 0. The lowest BCUT2D eigenvalue weighted by molar-refractivity contribution is -0.142. The number of carboxylic acids is 1. The number of likely N-dealkylation sites (N-methyl/N-ethyl adjacent to an activating group) is 1. The smallest absolute Gasteiger partial charge is 0.320 e. The molecule has 0 amide bonds. The van der Waals surface area contributed by atoms with Crippen molar-refractivity contribution in [2.45, 2.75) is 38.6 Å². The molecule has 1 N–H and O–H groups in total. The molecule has 0 aromatic carbocycles. The van der Waals surface area contributed by atoms with Crippen molar-refractivity contribution < 1.29 is 9.90 Å². The van der Waals surface area contributed by atoms with E-state index in [0.29, 0.717) is 6.42 Å². The van der Waals surface area contributed by atoms with Crippen molar-refractivity contribution in [2.75, 3.05) is 33.2 Å². The molecule has 94 valence electrons. The van der Waals surface area contributed by atoms with E-state index in [1.54, 1.807) is 0 Å². The van der Waals surface area contributed by atoms with E-state index >= 15 is 0 Å². The number of aliphatic carboxylic acids is 1. The second-order valence-electron chi connectivity index (χ2n) is 4.65. The Morgan fingerprint density at radius 1 is 1.44 bits per heavy atom. The van der Waals surface area contributed by atoms with Gasteiger partial charge in [-0.25, -0.2) is 0 Å². The minimum Gasteiger partial charge on any atom is -0.480 e. The Hall–Kier alpha value is -0.610. The van der Waals surface area contributed by atoms with Gasteiger partial charge < -0.3 is 10.0 Å². The molecule has 0 spiro atoms. The molecule has 0 bridgehead atoms. The van der Waals surface area contributed by atoms with Crippen molar-refractivity contribution in [3.05, 3.63) is 0 Å². The van der Waals surface area contributed by atoms with Crippen LogP contribution in [0.3, 0.4) is 0 Å². The second-order valence-corrected chi connectivity index (χ2v) is 4.65. The molecule has 1 rings (SSSR count). The predicted molar refractivity (Wildman–Crippen MR) is 64.6 cm³/mol. The number of rotatable bonds is 7. The molecular formula is C12H24N2O2. The normalized spacial score (nSPS) is 19.2. The third-order valence-corrected chi connectivity index (χ3v) is 3.39. The Bertz CT molecular complexity index is 215. The van der Waals surface area contributed by atoms with E-state index in [0.717, 1.165) is 19.5 Å². The first-order valence-electron chi connectivity index (χ1n) is 6.30. The van der Waals surface area contributed by atoms with Crippen LogP contribution in [0.4, 0.5) is 0 Å². The zero-order chi connectivity index (χ0) is 12.0. The highest BCUT2D eigenvalue weighted by atomic mass is 16.4. The monoisotopic (exact) mass is 228 g/mol. The van der Waals surface area contributed by atoms with E-state index in [-0.39, 0.29) is 6.04 Å². The number of carboxylic acid groups (broad SMARTS) is 1. The van der Waals surface area contributed by atoms with Crippen LogP contribution in [0.25, 0.3) is 0 Å². The highest BCUT2D eigenvalue weighted by molar-refractivity contribution is 5.73. The van der Waals surface area contributed by atoms with Crippen LogP contribution in [0.5, 0.6) is 0 Å². The standard InChI is InChI=1S/C12H24N2O2/c1-3-11(12(15)16)13(2)7-6-10-14-8-4-5-9-14/h11H,3-10H2,1-2H3,(H,15,16). The lowest BCUT2D eigenvalue weighted by Crippen LogP contribution is -2.39. The van der Waals surface area contributed by atoms with Crippen LogP contribution in [-0.2, 0) is 4.79 Å². The Morgan fingerprint density at radius 2 is 2.06 bits per heavy atom. The fraction of sp³-hybridized carbons (Fsp3) is 0.917. The van der Waals surface area contributed by atoms with Crippen LogP contribution in [0.15, 0.2) is 0 Å². The van der Waals surface area contributed by atoms with Crippen LogP contribution in [0.1, 0.15) is 32.6 Å². The molecule has 1 aliphatic heterocycles. The average molecular weight is 228 g/mol. The molecule has 1 saturated heterocycles. The van der Waals surface area contributed by atoms with Crippen LogP contribution in [0, 0.1) is 0 Å². The van der Waals surface area contributed by atoms with E-state index in [1.165, 1.54) is 25.9 Å². The van der Waals surface area contributed by atoms with Gasteiger partial charge in [-0.15, -0.1) is 0 Å². The SMILES string of the molecule is CCC(C(=O)O)N(C)CCCN1CCCC1. The van der Waals surface area contributed by atoms with E-state index in [2.05, 4.69) is 4.90 Å². The molecule has 1 heterocycles. The lowest BCUT2D eigenvalue weighted by atomic mass is 10.2. The van der Waals surface area contributed by atoms with Crippen molar-refractivity contribution in [3.63, 3.8) is 0 Å². The van der Waals surface area contributed by atoms with Gasteiger partial charge in [0.25, 0.3) is 0 Å². The Balaban J connectivity index is 2.17. The van der Waals surface area contributed by atoms with Crippen LogP contribution >= 0.6 is 0 Å². The highest BCUT2D eigenvalue weighted by Gasteiger charge is 2.20. The zero-order valence-corrected chi connectivity index (χ0v) is 10.5. The molecule has 0 radical (unpaired) electrons. The van der Waals surface area contributed by atoms with E-state index < -0.39 is 5.97 Å². The van der Waals surface area contributed by atoms with Gasteiger partial charge in [-0.05, 0) is 58.9 Å². The Kier molecular flexibility index (Phi) is 5.77. The van der Waals surface area contributed by atoms with Gasteiger partial charge >= 0.3 is 5.97 Å². The summed E-state index contributed by atoms with van der Waals surface area (Å²) >= 11 is 0. The first-order chi connectivity index (χ1) is 7.65. The van der Waals surface area contributed by atoms with Crippen molar-refractivity contribution >= 4 is 5.97 Å². The van der Waals surface area contributed by atoms with Gasteiger partial charge in [0.05, 0.1) is 0 Å². The van der Waals surface area contributed by atoms with Crippen molar-refractivity contribution in [2.24, 2.45) is 0 Å². The van der Waals surface area contributed by atoms with Gasteiger partial charge in [-0.3, -0.25) is 9.69 Å². The summed E-state index contributed by atoms with van der Waals surface area (Å²) in [5, 5.41) is 9.00. The summed E-state index contributed by atoms with van der Waals surface area (Å²) in [7, 11) is 1.91. The van der Waals surface area contributed by atoms with Crippen molar-refractivity contribution in [1.29, 1.82) is 0 Å². The van der Waals surface area contributed by atoms with Gasteiger partial charge in [-0.1, -0.05) is 6.92 Å². The van der Waals surface area contributed by atoms with Crippen molar-refractivity contribution in [1.82, 2.24) is 9.80 Å². The van der Waals surface area contributed by atoms with Crippen LogP contribution in [-0.4, -0.2) is 60.1 Å². The summed E-state index contributed by atoms with van der Waals surface area (Å²) in [4.78, 5) is 15.4. The lowest BCUT2D eigenvalue weighted by Gasteiger charge is -2.24. The van der Waals surface area contributed by atoms with Gasteiger partial charge in [0.2, 0.25) is 0 Å². The Labute approximate surface area is 98.2 Å². The van der Waals surface area contributed by atoms with Gasteiger partial charge in [0, 0.05) is 0 Å². The third-order valence-electron chi connectivity index (χ3n) is 3.39. The molecule has 1 unspecified atom stereocenters. The topological polar surface area (TPSA) is 43.8 Å². The maximum absolute atomic E-state index is 10.9. The summed E-state index contributed by atoms with van der Waals surface area (Å²) in [5.74, 6) is -0.703. The maximum atomic E-state index is 10.9. The fourth-order valence-electron chi connectivity index (χ4n) is 2.38. The largest absolute Gasteiger partial charge is 0.480 e. The number of hydrogen-bond donors (Lipinski definition) is 1. The van der Waals surface area contributed by atoms with Crippen LogP contribution in [0.2, 0.25) is 0 Å². The van der Waals surface area contributed by atoms with Gasteiger partial charge in [-0.2, -0.15) is 0 Å². The third kappa shape index (κ3) is 4.10. The quantitative estimate of drug-likeness (QED) is 0.712. The summed E-state index contributed by atoms with van der Waals surface area (Å²) in [6.45, 7) is 6.36. The number of hydrogen-bond acceptors (Lipinski definition) is 3. The molecule has 4 nitrogen and oxygen atoms in total. The summed E-state index contributed by atoms with van der Waals surface area (Å²) in [6.07, 6.45) is 4.39. The molecular weight excluding hydrogens is 204 g/mol. The first-order valence-corrected chi connectivity index (χ1v) is 6.30. The van der Waals surface area contributed by atoms with Gasteiger partial charge in [0.15, 0.2) is 0 Å². The molecule has 0 aromatic rings. The van der Waals surface area contributed by atoms with E-state index in [1.807, 2.05) is 18.9 Å². The second kappa shape index (κ2) is 6.86. The molecule has 1 fully saturated rings. The van der Waals surface area contributed by atoms with E-state index in [4.69, 9.17) is 5.11 Å². The molecule has 1 aliphatic rings. The van der Waals surface area contributed by atoms with Crippen LogP contribution < -0.4 is 0 Å². The average Bonchev–Trinajstić information content (AvgIpc) is 2.71. The minimum absolute atomic E-state index is 0.321. The number of likely N-dealkylation sites (tertiary alicyclic amines) is 1. The molecule has 0 saturated carbocycles. The number of carbonyl (C=O) groups is 1. The molecule has 0 aliphatic carbocycles. The first kappa shape index (κ1) is 13.5. The maximum Gasteiger partial charge on any atom is 0.320 e. The van der Waals surface area contributed by atoms with E-state index in [9.17, 15) is 4.79 Å². The fourth-order valence-corrected chi connectivity index (χ4v) is 2.38. The highest BCUT2D eigenvalue weighted by Crippen LogP contribution is 2.08. The zero-order valence-electron chi connectivity index (χ0n) is 10.5. The molecule has 4 heteroatoms. The summed E-state index contributed by atoms with van der Waals surface area (Å²) in [6, 6.07) is -0.321. The molecule has 16 heavy (non-hydrogen) atoms. The van der Waals surface area contributed by atoms with Crippen molar-refractivity contribution in [3.8, 4) is 0 Å². The molecule has 0 aromatic heterocycles. The molecule has 1 atom stereocenters. The minimum atomic E-state index is -0.703. The summed E-state index contributed by atoms with van der Waals surface area (Å²) < 4.78 is 0. The Morgan fingerprint density at radius 3 is 2.56 bits per heavy atom. The van der Waals surface area contributed by atoms with Gasteiger partial charge in [0.1, 0.15) is 6.04 Å². The predicted octanol–water partition coefficient (Wildman–Crippen LogP) is 1.27.